The van der Waals surface area contributed by atoms with E-state index >= 15 is 0 Å². The lowest BCUT2D eigenvalue weighted by atomic mass is 9.75. The van der Waals surface area contributed by atoms with Gasteiger partial charge in [-0.2, -0.15) is 0 Å². The van der Waals surface area contributed by atoms with Gasteiger partial charge < -0.3 is 9.47 Å². The minimum Gasteiger partial charge on any atom is -0.460 e. The highest BCUT2D eigenvalue weighted by molar-refractivity contribution is 5.92. The fraction of sp³-hybridized carbons (Fsp3) is 0.600. The molecule has 4 heteroatoms. The van der Waals surface area contributed by atoms with Gasteiger partial charge in [0, 0.05) is 0 Å². The third-order valence-corrected chi connectivity index (χ3v) is 4.93. The lowest BCUT2D eigenvalue weighted by Crippen LogP contribution is -2.36. The molecule has 0 aliphatic heterocycles. The number of hydrogen-bond acceptors (Lipinski definition) is 4. The molecule has 1 aliphatic carbocycles. The standard InChI is InChI=1S/C20H28O4/c1-13(2)16-10-9-14(3)11-18(16)24-19(21)12-23-20(22)17-8-6-5-7-15(17)4/h5-8,13-14,16,18H,9-12H2,1-4H3/t14-,16-,18-/m1/s1. The van der Waals surface area contributed by atoms with Gasteiger partial charge in [0.25, 0.3) is 0 Å². The second-order valence-electron chi connectivity index (χ2n) is 7.25. The molecule has 4 nitrogen and oxygen atoms in total. The first kappa shape index (κ1) is 18.5. The predicted octanol–water partition coefficient (Wildman–Crippen LogP) is 4.16. The van der Waals surface area contributed by atoms with E-state index < -0.39 is 11.9 Å². The highest BCUT2D eigenvalue weighted by atomic mass is 16.6. The molecule has 2 rings (SSSR count). The van der Waals surface area contributed by atoms with Gasteiger partial charge in [-0.3, -0.25) is 0 Å². The van der Waals surface area contributed by atoms with Crippen molar-refractivity contribution in [2.75, 3.05) is 6.61 Å². The Balaban J connectivity index is 1.88. The van der Waals surface area contributed by atoms with Crippen LogP contribution in [0.1, 0.15) is 56.0 Å². The van der Waals surface area contributed by atoms with Crippen molar-refractivity contribution in [1.29, 1.82) is 0 Å². The van der Waals surface area contributed by atoms with Gasteiger partial charge >= 0.3 is 11.9 Å². The Hall–Kier alpha value is -1.84. The van der Waals surface area contributed by atoms with E-state index in [4.69, 9.17) is 9.47 Å². The van der Waals surface area contributed by atoms with Crippen LogP contribution in [0.3, 0.4) is 0 Å². The molecule has 24 heavy (non-hydrogen) atoms. The first-order valence-electron chi connectivity index (χ1n) is 8.80. The molecular weight excluding hydrogens is 304 g/mol. The second-order valence-corrected chi connectivity index (χ2v) is 7.25. The number of hydrogen-bond donors (Lipinski definition) is 0. The maximum Gasteiger partial charge on any atom is 0.344 e. The summed E-state index contributed by atoms with van der Waals surface area (Å²) in [5.74, 6) is 0.485. The van der Waals surface area contributed by atoms with Gasteiger partial charge in [-0.15, -0.1) is 0 Å². The molecule has 1 fully saturated rings. The topological polar surface area (TPSA) is 52.6 Å². The summed E-state index contributed by atoms with van der Waals surface area (Å²) in [5.41, 5.74) is 1.31. The third-order valence-electron chi connectivity index (χ3n) is 4.93. The van der Waals surface area contributed by atoms with Gasteiger partial charge in [0.1, 0.15) is 6.10 Å². The molecule has 1 aliphatic rings. The van der Waals surface area contributed by atoms with Crippen molar-refractivity contribution in [2.24, 2.45) is 17.8 Å². The molecule has 3 atom stereocenters. The van der Waals surface area contributed by atoms with Crippen LogP contribution in [-0.4, -0.2) is 24.6 Å². The molecule has 0 saturated heterocycles. The molecule has 0 bridgehead atoms. The SMILES string of the molecule is Cc1ccccc1C(=O)OCC(=O)O[C@@H]1C[C@H](C)CC[C@@H]1C(C)C. The average Bonchev–Trinajstić information content (AvgIpc) is 2.53. The van der Waals surface area contributed by atoms with Crippen molar-refractivity contribution in [3.05, 3.63) is 35.4 Å². The van der Waals surface area contributed by atoms with Crippen LogP contribution >= 0.6 is 0 Å². The van der Waals surface area contributed by atoms with Gasteiger partial charge in [-0.25, -0.2) is 9.59 Å². The fourth-order valence-electron chi connectivity index (χ4n) is 3.46. The fourth-order valence-corrected chi connectivity index (χ4v) is 3.46. The summed E-state index contributed by atoms with van der Waals surface area (Å²) in [6.07, 6.45) is 3.08. The van der Waals surface area contributed by atoms with Crippen LogP contribution in [0.4, 0.5) is 0 Å². The van der Waals surface area contributed by atoms with Crippen LogP contribution in [0.2, 0.25) is 0 Å². The lowest BCUT2D eigenvalue weighted by molar-refractivity contribution is -0.159. The largest absolute Gasteiger partial charge is 0.460 e. The van der Waals surface area contributed by atoms with E-state index in [2.05, 4.69) is 20.8 Å². The summed E-state index contributed by atoms with van der Waals surface area (Å²) in [7, 11) is 0. The van der Waals surface area contributed by atoms with E-state index in [9.17, 15) is 9.59 Å². The molecule has 0 heterocycles. The molecule has 1 aromatic rings. The number of aryl methyl sites for hydroxylation is 1. The Labute approximate surface area is 144 Å². The summed E-state index contributed by atoms with van der Waals surface area (Å²) in [6, 6.07) is 7.17. The van der Waals surface area contributed by atoms with Gasteiger partial charge in [-0.1, -0.05) is 45.4 Å². The normalized spacial score (nSPS) is 23.8. The second kappa shape index (κ2) is 8.32. The first-order valence-corrected chi connectivity index (χ1v) is 8.80. The lowest BCUT2D eigenvalue weighted by Gasteiger charge is -2.36. The quantitative estimate of drug-likeness (QED) is 0.760. The number of ether oxygens (including phenoxy) is 2. The monoisotopic (exact) mass is 332 g/mol. The van der Waals surface area contributed by atoms with E-state index in [0.29, 0.717) is 23.3 Å². The van der Waals surface area contributed by atoms with Crippen molar-refractivity contribution in [3.63, 3.8) is 0 Å². The molecule has 0 spiro atoms. The smallest absolute Gasteiger partial charge is 0.344 e. The molecular formula is C20H28O4. The zero-order valence-electron chi connectivity index (χ0n) is 15.1. The Kier molecular flexibility index (Phi) is 6.41. The Morgan fingerprint density at radius 1 is 1.21 bits per heavy atom. The van der Waals surface area contributed by atoms with E-state index in [0.717, 1.165) is 18.4 Å². The van der Waals surface area contributed by atoms with Gasteiger partial charge in [0.05, 0.1) is 5.56 Å². The Morgan fingerprint density at radius 3 is 2.58 bits per heavy atom. The van der Waals surface area contributed by atoms with E-state index in [1.165, 1.54) is 6.42 Å². The summed E-state index contributed by atoms with van der Waals surface area (Å²) in [4.78, 5) is 24.2. The molecule has 0 amide bonds. The Bertz CT molecular complexity index is 579. The molecule has 0 unspecified atom stereocenters. The number of esters is 2. The van der Waals surface area contributed by atoms with Gasteiger partial charge in [-0.05, 0) is 49.1 Å². The zero-order valence-corrected chi connectivity index (χ0v) is 15.1. The van der Waals surface area contributed by atoms with Gasteiger partial charge in [0.15, 0.2) is 6.61 Å². The minimum absolute atomic E-state index is 0.0709. The summed E-state index contributed by atoms with van der Waals surface area (Å²) < 4.78 is 10.8. The molecule has 0 aromatic heterocycles. The van der Waals surface area contributed by atoms with Gasteiger partial charge in [0.2, 0.25) is 0 Å². The number of carbonyl (C=O) groups excluding carboxylic acids is 2. The van der Waals surface area contributed by atoms with Crippen molar-refractivity contribution in [2.45, 2.75) is 53.1 Å². The molecule has 0 N–H and O–H groups in total. The number of rotatable bonds is 5. The zero-order chi connectivity index (χ0) is 17.7. The van der Waals surface area contributed by atoms with E-state index in [1.807, 2.05) is 19.1 Å². The molecule has 1 aromatic carbocycles. The van der Waals surface area contributed by atoms with Crippen LogP contribution in [0.25, 0.3) is 0 Å². The maximum absolute atomic E-state index is 12.1. The predicted molar refractivity (Wildman–Crippen MR) is 92.7 cm³/mol. The van der Waals surface area contributed by atoms with Crippen molar-refractivity contribution < 1.29 is 19.1 Å². The molecule has 132 valence electrons. The number of carbonyl (C=O) groups is 2. The molecule has 1 saturated carbocycles. The van der Waals surface area contributed by atoms with E-state index in [1.54, 1.807) is 12.1 Å². The summed E-state index contributed by atoms with van der Waals surface area (Å²) >= 11 is 0. The maximum atomic E-state index is 12.1. The van der Waals surface area contributed by atoms with Crippen LogP contribution in [0.5, 0.6) is 0 Å². The van der Waals surface area contributed by atoms with Crippen LogP contribution in [-0.2, 0) is 14.3 Å². The minimum atomic E-state index is -0.484. The Morgan fingerprint density at radius 2 is 1.92 bits per heavy atom. The van der Waals surface area contributed by atoms with Crippen LogP contribution in [0.15, 0.2) is 24.3 Å². The van der Waals surface area contributed by atoms with Crippen molar-refractivity contribution in [1.82, 2.24) is 0 Å². The summed E-state index contributed by atoms with van der Waals surface area (Å²) in [6.45, 7) is 8.03. The third kappa shape index (κ3) is 4.83. The van der Waals surface area contributed by atoms with Crippen molar-refractivity contribution in [3.8, 4) is 0 Å². The average molecular weight is 332 g/mol. The van der Waals surface area contributed by atoms with Crippen LogP contribution in [0, 0.1) is 24.7 Å². The number of benzene rings is 1. The highest BCUT2D eigenvalue weighted by Crippen LogP contribution is 2.35. The van der Waals surface area contributed by atoms with Crippen LogP contribution < -0.4 is 0 Å². The van der Waals surface area contributed by atoms with E-state index in [-0.39, 0.29) is 12.7 Å². The highest BCUT2D eigenvalue weighted by Gasteiger charge is 2.33. The molecule has 0 radical (unpaired) electrons. The summed E-state index contributed by atoms with van der Waals surface area (Å²) in [5, 5.41) is 0. The first-order chi connectivity index (χ1) is 11.4. The van der Waals surface area contributed by atoms with Crippen molar-refractivity contribution >= 4 is 11.9 Å².